The molecule has 8 heteroatoms. The molecule has 1 amide bonds. The van der Waals surface area contributed by atoms with E-state index in [9.17, 15) is 19.1 Å². The van der Waals surface area contributed by atoms with Crippen LogP contribution in [0.4, 0.5) is 10.2 Å². The second-order valence-electron chi connectivity index (χ2n) is 6.43. The molecule has 0 bridgehead atoms. The Hall–Kier alpha value is -3.68. The second-order valence-corrected chi connectivity index (χ2v) is 6.43. The molecule has 0 fully saturated rings. The minimum absolute atomic E-state index is 0.0165. The number of rotatable bonds is 4. The van der Waals surface area contributed by atoms with Crippen LogP contribution in [0.3, 0.4) is 0 Å². The van der Waals surface area contributed by atoms with Gasteiger partial charge < -0.3 is 14.0 Å². The molecule has 0 spiro atoms. The lowest BCUT2D eigenvalue weighted by atomic mass is 9.95. The van der Waals surface area contributed by atoms with Crippen molar-refractivity contribution in [3.05, 3.63) is 82.5 Å². The Morgan fingerprint density at radius 2 is 1.86 bits per heavy atom. The summed E-state index contributed by atoms with van der Waals surface area (Å²) >= 11 is 0. The third-order valence-corrected chi connectivity index (χ3v) is 4.47. The van der Waals surface area contributed by atoms with E-state index in [0.29, 0.717) is 17.1 Å². The van der Waals surface area contributed by atoms with Gasteiger partial charge in [0.1, 0.15) is 17.3 Å². The van der Waals surface area contributed by atoms with Gasteiger partial charge >= 0.3 is 0 Å². The number of anilines is 1. The average molecular weight is 382 g/mol. The van der Waals surface area contributed by atoms with Gasteiger partial charge in [0.05, 0.1) is 11.6 Å². The third-order valence-electron chi connectivity index (χ3n) is 4.47. The van der Waals surface area contributed by atoms with E-state index in [1.165, 1.54) is 36.4 Å². The van der Waals surface area contributed by atoms with Gasteiger partial charge in [-0.2, -0.15) is 0 Å². The number of carbonyl (C=O) groups excluding carboxylic acids is 2. The van der Waals surface area contributed by atoms with Crippen LogP contribution < -0.4 is 4.90 Å². The number of aryl methyl sites for hydroxylation is 2. The molecule has 0 saturated heterocycles. The molecule has 0 aliphatic carbocycles. The minimum Gasteiger partial charge on any atom is -0.503 e. The maximum Gasteiger partial charge on any atom is 0.295 e. The number of halogens is 1. The zero-order valence-corrected chi connectivity index (χ0v) is 15.0. The fraction of sp³-hybridized carbons (Fsp3) is 0.150. The van der Waals surface area contributed by atoms with Crippen LogP contribution in [-0.4, -0.2) is 22.0 Å². The minimum atomic E-state index is -1.02. The van der Waals surface area contributed by atoms with Gasteiger partial charge in [-0.15, -0.1) is 0 Å². The summed E-state index contributed by atoms with van der Waals surface area (Å²) in [5.41, 5.74) is 0.248. The van der Waals surface area contributed by atoms with Gasteiger partial charge in [0.2, 0.25) is 5.78 Å². The first kappa shape index (κ1) is 17.7. The Labute approximate surface area is 158 Å². The summed E-state index contributed by atoms with van der Waals surface area (Å²) < 4.78 is 23.8. The number of carbonyl (C=O) groups is 2. The molecule has 1 aliphatic heterocycles. The van der Waals surface area contributed by atoms with Crippen LogP contribution in [0.1, 0.15) is 33.7 Å². The maximum absolute atomic E-state index is 13.4. The highest BCUT2D eigenvalue weighted by Crippen LogP contribution is 2.41. The molecular formula is C20H15FN2O5. The van der Waals surface area contributed by atoms with Gasteiger partial charge in [0, 0.05) is 6.07 Å². The third kappa shape index (κ3) is 2.79. The van der Waals surface area contributed by atoms with Crippen LogP contribution in [0.25, 0.3) is 0 Å². The number of aliphatic hydroxyl groups excluding tert-OH is 1. The van der Waals surface area contributed by atoms with Crippen molar-refractivity contribution in [1.29, 1.82) is 0 Å². The van der Waals surface area contributed by atoms with Gasteiger partial charge in [0.25, 0.3) is 5.91 Å². The molecule has 1 aliphatic rings. The Morgan fingerprint density at radius 1 is 1.14 bits per heavy atom. The van der Waals surface area contributed by atoms with Crippen molar-refractivity contribution in [2.75, 3.05) is 4.90 Å². The molecule has 142 valence electrons. The first-order valence-corrected chi connectivity index (χ1v) is 8.43. The number of aliphatic hydroxyl groups is 1. The van der Waals surface area contributed by atoms with E-state index >= 15 is 0 Å². The van der Waals surface area contributed by atoms with Crippen LogP contribution in [-0.2, 0) is 4.79 Å². The summed E-state index contributed by atoms with van der Waals surface area (Å²) in [6.07, 6.45) is 0. The Bertz CT molecular complexity index is 1110. The molecule has 3 aromatic rings. The SMILES string of the molecule is Cc1cc(N2C(=O)C(O)=C(C(=O)c3ccc(C)o3)[C@H]2c2ccc(F)cc2)no1. The van der Waals surface area contributed by atoms with Crippen LogP contribution >= 0.6 is 0 Å². The molecule has 3 heterocycles. The van der Waals surface area contributed by atoms with Crippen molar-refractivity contribution in [3.63, 3.8) is 0 Å². The molecule has 7 nitrogen and oxygen atoms in total. The van der Waals surface area contributed by atoms with Crippen molar-refractivity contribution >= 4 is 17.5 Å². The molecule has 4 rings (SSSR count). The van der Waals surface area contributed by atoms with E-state index in [1.807, 2.05) is 0 Å². The number of hydrogen-bond donors (Lipinski definition) is 1. The maximum atomic E-state index is 13.4. The lowest BCUT2D eigenvalue weighted by Gasteiger charge is -2.24. The van der Waals surface area contributed by atoms with E-state index in [1.54, 1.807) is 19.9 Å². The Balaban J connectivity index is 1.87. The van der Waals surface area contributed by atoms with Crippen LogP contribution in [0, 0.1) is 19.7 Å². The van der Waals surface area contributed by atoms with E-state index in [0.717, 1.165) is 4.90 Å². The monoisotopic (exact) mass is 382 g/mol. The predicted molar refractivity (Wildman–Crippen MR) is 95.3 cm³/mol. The van der Waals surface area contributed by atoms with Crippen molar-refractivity contribution < 1.29 is 28.0 Å². The number of hydrogen-bond acceptors (Lipinski definition) is 6. The molecule has 2 aromatic heterocycles. The predicted octanol–water partition coefficient (Wildman–Crippen LogP) is 3.81. The first-order valence-electron chi connectivity index (χ1n) is 8.43. The molecular weight excluding hydrogens is 367 g/mol. The fourth-order valence-corrected chi connectivity index (χ4v) is 3.19. The van der Waals surface area contributed by atoms with Crippen molar-refractivity contribution in [2.24, 2.45) is 0 Å². The average Bonchev–Trinajstić information content (AvgIpc) is 3.35. The van der Waals surface area contributed by atoms with Gasteiger partial charge in [0.15, 0.2) is 17.3 Å². The number of Topliss-reactive ketones (excluding diaryl/α,β-unsaturated/α-hetero) is 1. The highest BCUT2D eigenvalue weighted by Gasteiger charge is 2.46. The van der Waals surface area contributed by atoms with Crippen LogP contribution in [0.15, 0.2) is 62.7 Å². The largest absolute Gasteiger partial charge is 0.503 e. The molecule has 0 radical (unpaired) electrons. The molecule has 0 unspecified atom stereocenters. The smallest absolute Gasteiger partial charge is 0.295 e. The zero-order chi connectivity index (χ0) is 20.0. The standard InChI is InChI=1S/C20H15FN2O5/c1-10-3-8-14(27-10)18(24)16-17(12-4-6-13(21)7-5-12)23(20(26)19(16)25)15-9-11(2)28-22-15/h3-9,17,25H,1-2H3/t17-/m1/s1. The fourth-order valence-electron chi connectivity index (χ4n) is 3.19. The normalized spacial score (nSPS) is 16.9. The van der Waals surface area contributed by atoms with E-state index in [2.05, 4.69) is 5.16 Å². The molecule has 0 saturated carbocycles. The van der Waals surface area contributed by atoms with Crippen molar-refractivity contribution in [3.8, 4) is 0 Å². The second kappa shape index (κ2) is 6.49. The highest BCUT2D eigenvalue weighted by atomic mass is 19.1. The summed E-state index contributed by atoms with van der Waals surface area (Å²) in [4.78, 5) is 27.0. The topological polar surface area (TPSA) is 96.8 Å². The van der Waals surface area contributed by atoms with Gasteiger partial charge in [-0.05, 0) is 43.7 Å². The molecule has 28 heavy (non-hydrogen) atoms. The van der Waals surface area contributed by atoms with Crippen molar-refractivity contribution in [1.82, 2.24) is 5.16 Å². The molecule has 1 N–H and O–H groups in total. The van der Waals surface area contributed by atoms with E-state index < -0.39 is 29.3 Å². The van der Waals surface area contributed by atoms with Gasteiger partial charge in [-0.25, -0.2) is 4.39 Å². The Morgan fingerprint density at radius 3 is 2.43 bits per heavy atom. The quantitative estimate of drug-likeness (QED) is 0.690. The van der Waals surface area contributed by atoms with Gasteiger partial charge in [-0.1, -0.05) is 17.3 Å². The van der Waals surface area contributed by atoms with Crippen LogP contribution in [0.2, 0.25) is 0 Å². The molecule has 1 atom stereocenters. The van der Waals surface area contributed by atoms with Crippen molar-refractivity contribution in [2.45, 2.75) is 19.9 Å². The van der Waals surface area contributed by atoms with Crippen LogP contribution in [0.5, 0.6) is 0 Å². The lowest BCUT2D eigenvalue weighted by Crippen LogP contribution is -2.31. The summed E-state index contributed by atoms with van der Waals surface area (Å²) in [5.74, 6) is -1.57. The van der Waals surface area contributed by atoms with E-state index in [4.69, 9.17) is 8.94 Å². The number of furan rings is 1. The highest BCUT2D eigenvalue weighted by molar-refractivity contribution is 6.19. The molecule has 1 aromatic carbocycles. The number of ketones is 1. The zero-order valence-electron chi connectivity index (χ0n) is 15.0. The summed E-state index contributed by atoms with van der Waals surface area (Å²) in [6.45, 7) is 3.32. The number of amides is 1. The summed E-state index contributed by atoms with van der Waals surface area (Å²) in [6, 6.07) is 8.85. The number of benzene rings is 1. The summed E-state index contributed by atoms with van der Waals surface area (Å²) in [5, 5.41) is 14.3. The number of aromatic nitrogens is 1. The lowest BCUT2D eigenvalue weighted by molar-refractivity contribution is -0.117. The summed E-state index contributed by atoms with van der Waals surface area (Å²) in [7, 11) is 0. The Kier molecular flexibility index (Phi) is 4.11. The number of nitrogens with zero attached hydrogens (tertiary/aromatic N) is 2. The first-order chi connectivity index (χ1) is 13.4. The van der Waals surface area contributed by atoms with Gasteiger partial charge in [-0.3, -0.25) is 14.5 Å². The van der Waals surface area contributed by atoms with E-state index in [-0.39, 0.29) is 17.2 Å².